The van der Waals surface area contributed by atoms with Crippen LogP contribution in [0.2, 0.25) is 0 Å². The van der Waals surface area contributed by atoms with E-state index in [0.717, 1.165) is 31.3 Å². The average Bonchev–Trinajstić information content (AvgIpc) is 3.73. The van der Waals surface area contributed by atoms with Gasteiger partial charge >= 0.3 is 11.9 Å². The van der Waals surface area contributed by atoms with E-state index in [9.17, 15) is 9.59 Å². The van der Waals surface area contributed by atoms with Crippen molar-refractivity contribution < 1.29 is 28.5 Å². The van der Waals surface area contributed by atoms with Gasteiger partial charge in [0.2, 0.25) is 0 Å². The largest absolute Gasteiger partial charge is 0.469 e. The lowest BCUT2D eigenvalue weighted by molar-refractivity contribution is -0.140. The van der Waals surface area contributed by atoms with Crippen molar-refractivity contribution in [2.45, 2.75) is 69.9 Å². The molecule has 6 nitrogen and oxygen atoms in total. The van der Waals surface area contributed by atoms with Crippen molar-refractivity contribution in [1.29, 1.82) is 0 Å². The molecule has 5 aliphatic rings. The van der Waals surface area contributed by atoms with Crippen molar-refractivity contribution in [1.82, 2.24) is 0 Å². The first-order valence-electron chi connectivity index (χ1n) is 12.2. The second kappa shape index (κ2) is 7.16. The van der Waals surface area contributed by atoms with Crippen LogP contribution in [-0.2, 0) is 23.7 Å². The molecule has 0 bridgehead atoms. The molecule has 6 heteroatoms. The molecule has 176 valence electrons. The van der Waals surface area contributed by atoms with Crippen molar-refractivity contribution in [3.8, 4) is 0 Å². The van der Waals surface area contributed by atoms with Gasteiger partial charge in [-0.05, 0) is 49.7 Å². The Labute approximate surface area is 194 Å². The van der Waals surface area contributed by atoms with E-state index in [1.807, 2.05) is 30.3 Å². The smallest absolute Gasteiger partial charge is 0.338 e. The fourth-order valence-electron chi connectivity index (χ4n) is 7.79. The number of allylic oxidation sites excluding steroid dienone is 1. The van der Waals surface area contributed by atoms with E-state index in [-0.39, 0.29) is 53.1 Å². The zero-order valence-corrected chi connectivity index (χ0v) is 19.5. The first kappa shape index (κ1) is 21.4. The number of hydrogen-bond donors (Lipinski definition) is 0. The zero-order valence-electron chi connectivity index (χ0n) is 19.5. The van der Waals surface area contributed by atoms with Crippen LogP contribution >= 0.6 is 0 Å². The minimum Gasteiger partial charge on any atom is -0.469 e. The SMILES string of the molecule is COC(=O)CC1=CC[C@H]2[C@@H]3CC[C@H](OC(=O)c4ccccc4)[C@@]3(C)C[C@H]3O[C@]32[C@@]1(C)[C@@H]1CO1. The maximum Gasteiger partial charge on any atom is 0.338 e. The minimum atomic E-state index is -0.324. The number of epoxide rings is 2. The molecule has 0 radical (unpaired) electrons. The number of rotatable bonds is 5. The predicted molar refractivity (Wildman–Crippen MR) is 119 cm³/mol. The van der Waals surface area contributed by atoms with Gasteiger partial charge in [-0.15, -0.1) is 0 Å². The number of methoxy groups -OCH3 is 1. The second-order valence-electron chi connectivity index (χ2n) is 10.9. The number of fused-ring (bicyclic) bond motifs is 2. The van der Waals surface area contributed by atoms with Crippen LogP contribution in [0, 0.1) is 22.7 Å². The molecule has 0 unspecified atom stereocenters. The van der Waals surface area contributed by atoms with Crippen LogP contribution in [0.25, 0.3) is 0 Å². The van der Waals surface area contributed by atoms with Crippen LogP contribution in [0.4, 0.5) is 0 Å². The van der Waals surface area contributed by atoms with Crippen molar-refractivity contribution in [3.05, 3.63) is 47.5 Å². The number of carbonyl (C=O) groups excluding carboxylic acids is 2. The monoisotopic (exact) mass is 452 g/mol. The second-order valence-corrected chi connectivity index (χ2v) is 10.9. The highest BCUT2D eigenvalue weighted by atomic mass is 16.6. The van der Waals surface area contributed by atoms with Gasteiger partial charge in [0.05, 0.1) is 37.9 Å². The summed E-state index contributed by atoms with van der Waals surface area (Å²) >= 11 is 0. The van der Waals surface area contributed by atoms with Gasteiger partial charge in [0.1, 0.15) is 11.7 Å². The zero-order chi connectivity index (χ0) is 23.0. The molecule has 8 atom stereocenters. The number of esters is 2. The Kier molecular flexibility index (Phi) is 4.63. The molecule has 1 aromatic carbocycles. The lowest BCUT2D eigenvalue weighted by Crippen LogP contribution is -2.58. The molecule has 3 aliphatic carbocycles. The third kappa shape index (κ3) is 2.86. The van der Waals surface area contributed by atoms with Crippen LogP contribution < -0.4 is 0 Å². The Morgan fingerprint density at radius 3 is 2.55 bits per heavy atom. The van der Waals surface area contributed by atoms with E-state index in [2.05, 4.69) is 19.9 Å². The van der Waals surface area contributed by atoms with Gasteiger partial charge in [-0.25, -0.2) is 4.79 Å². The quantitative estimate of drug-likeness (QED) is 0.381. The molecule has 2 saturated carbocycles. The van der Waals surface area contributed by atoms with Crippen molar-refractivity contribution in [3.63, 3.8) is 0 Å². The van der Waals surface area contributed by atoms with Gasteiger partial charge in [0.25, 0.3) is 0 Å². The Morgan fingerprint density at radius 1 is 1.09 bits per heavy atom. The van der Waals surface area contributed by atoms with Crippen molar-refractivity contribution in [2.24, 2.45) is 22.7 Å². The summed E-state index contributed by atoms with van der Waals surface area (Å²) in [4.78, 5) is 25.0. The molecule has 6 rings (SSSR count). The molecule has 4 fully saturated rings. The molecule has 2 heterocycles. The fraction of sp³-hybridized carbons (Fsp3) is 0.630. The first-order chi connectivity index (χ1) is 15.8. The lowest BCUT2D eigenvalue weighted by atomic mass is 9.49. The van der Waals surface area contributed by atoms with E-state index in [1.165, 1.54) is 7.11 Å². The highest BCUT2D eigenvalue weighted by Crippen LogP contribution is 2.75. The molecule has 0 aromatic heterocycles. The summed E-state index contributed by atoms with van der Waals surface area (Å²) < 4.78 is 23.6. The van der Waals surface area contributed by atoms with Crippen LogP contribution in [-0.4, -0.2) is 49.6 Å². The Balaban J connectivity index is 1.29. The van der Waals surface area contributed by atoms with E-state index in [1.54, 1.807) is 0 Å². The maximum atomic E-state index is 12.8. The molecular weight excluding hydrogens is 420 g/mol. The van der Waals surface area contributed by atoms with E-state index in [4.69, 9.17) is 18.9 Å². The van der Waals surface area contributed by atoms with E-state index < -0.39 is 0 Å². The van der Waals surface area contributed by atoms with Gasteiger partial charge in [-0.2, -0.15) is 0 Å². The van der Waals surface area contributed by atoms with Gasteiger partial charge in [0.15, 0.2) is 0 Å². The standard InChI is InChI=1S/C27H32O6/c1-25-14-21-27(33-21)19(10-9-17(13-23(28)30-3)26(27,2)22-15-31-22)18(25)11-12-20(25)32-24(29)16-7-5-4-6-8-16/h4-9,18-22H,10-15H2,1-3H3/t18-,19-,20-,21+,22-,25-,26+,27-/m0/s1. The van der Waals surface area contributed by atoms with Crippen LogP contribution in [0.5, 0.6) is 0 Å². The predicted octanol–water partition coefficient (Wildman–Crippen LogP) is 4.08. The van der Waals surface area contributed by atoms with Crippen LogP contribution in [0.1, 0.15) is 56.3 Å². The third-order valence-corrected chi connectivity index (χ3v) is 9.64. The molecule has 1 spiro atoms. The molecule has 2 saturated heterocycles. The summed E-state index contributed by atoms with van der Waals surface area (Å²) in [5.74, 6) is 0.279. The lowest BCUT2D eigenvalue weighted by Gasteiger charge is -2.53. The topological polar surface area (TPSA) is 77.7 Å². The molecule has 33 heavy (non-hydrogen) atoms. The number of ether oxygens (including phenoxy) is 4. The number of carbonyl (C=O) groups is 2. The summed E-state index contributed by atoms with van der Waals surface area (Å²) in [5, 5.41) is 0. The summed E-state index contributed by atoms with van der Waals surface area (Å²) in [6, 6.07) is 9.25. The highest BCUT2D eigenvalue weighted by molar-refractivity contribution is 5.89. The molecule has 0 amide bonds. The first-order valence-corrected chi connectivity index (χ1v) is 12.2. The number of hydrogen-bond acceptors (Lipinski definition) is 6. The van der Waals surface area contributed by atoms with E-state index >= 15 is 0 Å². The summed E-state index contributed by atoms with van der Waals surface area (Å²) in [5.41, 5.74) is 0.968. The molecular formula is C27H32O6. The van der Waals surface area contributed by atoms with Crippen molar-refractivity contribution in [2.75, 3.05) is 13.7 Å². The Hall–Kier alpha value is -2.18. The maximum absolute atomic E-state index is 12.8. The number of benzene rings is 1. The molecule has 2 aliphatic heterocycles. The van der Waals surface area contributed by atoms with Crippen molar-refractivity contribution >= 4 is 11.9 Å². The van der Waals surface area contributed by atoms with Crippen LogP contribution in [0.3, 0.4) is 0 Å². The molecule has 0 N–H and O–H groups in total. The van der Waals surface area contributed by atoms with Gasteiger partial charge in [-0.3, -0.25) is 4.79 Å². The van der Waals surface area contributed by atoms with Crippen LogP contribution in [0.15, 0.2) is 42.0 Å². The summed E-state index contributed by atoms with van der Waals surface area (Å²) in [7, 11) is 1.44. The average molecular weight is 453 g/mol. The normalized spacial score (nSPS) is 44.6. The van der Waals surface area contributed by atoms with E-state index in [0.29, 0.717) is 24.0 Å². The Bertz CT molecular complexity index is 1010. The highest BCUT2D eigenvalue weighted by Gasteiger charge is 2.81. The van der Waals surface area contributed by atoms with Gasteiger partial charge in [0, 0.05) is 10.8 Å². The Morgan fingerprint density at radius 2 is 1.85 bits per heavy atom. The fourth-order valence-corrected chi connectivity index (χ4v) is 7.79. The minimum absolute atomic E-state index is 0.0821. The summed E-state index contributed by atoms with van der Waals surface area (Å²) in [6.45, 7) is 5.23. The van der Waals surface area contributed by atoms with Gasteiger partial charge < -0.3 is 18.9 Å². The summed E-state index contributed by atoms with van der Waals surface area (Å²) in [6.07, 6.45) is 6.26. The molecule has 1 aromatic rings. The third-order valence-electron chi connectivity index (χ3n) is 9.64. The van der Waals surface area contributed by atoms with Gasteiger partial charge in [-0.1, -0.05) is 43.7 Å².